The zero-order valence-electron chi connectivity index (χ0n) is 11.6. The van der Waals surface area contributed by atoms with E-state index >= 15 is 0 Å². The minimum atomic E-state index is -0.0742. The molecule has 4 nitrogen and oxygen atoms in total. The van der Waals surface area contributed by atoms with Crippen molar-refractivity contribution in [1.29, 1.82) is 0 Å². The lowest BCUT2D eigenvalue weighted by Gasteiger charge is -2.07. The van der Waals surface area contributed by atoms with E-state index in [1.165, 1.54) is 0 Å². The van der Waals surface area contributed by atoms with Crippen LogP contribution in [0.15, 0.2) is 29.4 Å². The molecule has 0 unspecified atom stereocenters. The molecule has 1 aromatic rings. The number of aromatic hydroxyl groups is 1. The molecule has 1 rings (SSSR count). The second-order valence-corrected chi connectivity index (χ2v) is 4.42. The Balaban J connectivity index is 2.63. The Morgan fingerprint density at radius 2 is 2.00 bits per heavy atom. The van der Waals surface area contributed by atoms with Gasteiger partial charge in [-0.2, -0.15) is 5.10 Å². The molecule has 2 N–H and O–H groups in total. The van der Waals surface area contributed by atoms with Crippen molar-refractivity contribution in [2.75, 3.05) is 0 Å². The number of phenols is 1. The lowest BCUT2D eigenvalue weighted by molar-refractivity contribution is -0.121. The van der Waals surface area contributed by atoms with Crippen LogP contribution >= 0.6 is 0 Å². The fraction of sp³-hybridized carbons (Fsp3) is 0.467. The third kappa shape index (κ3) is 5.12. The minimum absolute atomic E-state index is 0.0742. The number of para-hydroxylation sites is 1. The molecule has 0 heterocycles. The first-order valence-electron chi connectivity index (χ1n) is 6.82. The Morgan fingerprint density at radius 1 is 1.26 bits per heavy atom. The topological polar surface area (TPSA) is 61.7 Å². The van der Waals surface area contributed by atoms with Gasteiger partial charge in [-0.05, 0) is 25.0 Å². The maximum Gasteiger partial charge on any atom is 0.240 e. The Kier molecular flexibility index (Phi) is 6.64. The second kappa shape index (κ2) is 8.29. The summed E-state index contributed by atoms with van der Waals surface area (Å²) in [6.45, 7) is 4.04. The third-order valence-corrected chi connectivity index (χ3v) is 2.87. The first kappa shape index (κ1) is 15.2. The Hall–Kier alpha value is -1.84. The maximum atomic E-state index is 11.6. The first-order chi connectivity index (χ1) is 9.19. The highest BCUT2D eigenvalue weighted by Gasteiger charge is 2.07. The molecule has 0 saturated carbocycles. The standard InChI is InChI=1S/C15H22N2O2/c1-3-5-6-11-15(19)17-16-13(4-2)12-9-7-8-10-14(12)18/h7-10,18H,3-6,11H2,1-2H3,(H,17,19). The number of unbranched alkanes of at least 4 members (excludes halogenated alkanes) is 2. The summed E-state index contributed by atoms with van der Waals surface area (Å²) in [6, 6.07) is 7.00. The highest BCUT2D eigenvalue weighted by molar-refractivity contribution is 6.03. The number of phenolic OH excluding ortho intramolecular Hbond substituents is 1. The number of amides is 1. The van der Waals surface area contributed by atoms with Crippen LogP contribution in [0.5, 0.6) is 5.75 Å². The van der Waals surface area contributed by atoms with Crippen LogP contribution in [0.25, 0.3) is 0 Å². The normalized spacial score (nSPS) is 11.4. The summed E-state index contributed by atoms with van der Waals surface area (Å²) >= 11 is 0. The number of hydrogen-bond acceptors (Lipinski definition) is 3. The molecule has 0 aromatic heterocycles. The summed E-state index contributed by atoms with van der Waals surface area (Å²) in [5.41, 5.74) is 3.90. The fourth-order valence-electron chi connectivity index (χ4n) is 1.77. The number of benzene rings is 1. The van der Waals surface area contributed by atoms with E-state index in [0.29, 0.717) is 24.1 Å². The molecule has 0 aliphatic heterocycles. The van der Waals surface area contributed by atoms with Crippen LogP contribution in [-0.4, -0.2) is 16.7 Å². The molecule has 0 fully saturated rings. The van der Waals surface area contributed by atoms with Gasteiger partial charge in [0.15, 0.2) is 0 Å². The van der Waals surface area contributed by atoms with Crippen molar-refractivity contribution >= 4 is 11.6 Å². The van der Waals surface area contributed by atoms with Crippen molar-refractivity contribution < 1.29 is 9.90 Å². The molecule has 0 bridgehead atoms. The average Bonchev–Trinajstić information content (AvgIpc) is 2.41. The number of nitrogens with zero attached hydrogens (tertiary/aromatic N) is 1. The zero-order valence-corrected chi connectivity index (χ0v) is 11.6. The summed E-state index contributed by atoms with van der Waals surface area (Å²) in [5.74, 6) is 0.109. The van der Waals surface area contributed by atoms with Gasteiger partial charge in [0.25, 0.3) is 0 Å². The van der Waals surface area contributed by atoms with Gasteiger partial charge in [-0.3, -0.25) is 4.79 Å². The van der Waals surface area contributed by atoms with Crippen molar-refractivity contribution in [3.05, 3.63) is 29.8 Å². The predicted molar refractivity (Wildman–Crippen MR) is 77.2 cm³/mol. The van der Waals surface area contributed by atoms with Crippen LogP contribution in [0.4, 0.5) is 0 Å². The lowest BCUT2D eigenvalue weighted by Crippen LogP contribution is -2.19. The predicted octanol–water partition coefficient (Wildman–Crippen LogP) is 3.20. The molecule has 0 atom stereocenters. The number of carbonyl (C=O) groups is 1. The molecule has 104 valence electrons. The van der Waals surface area contributed by atoms with E-state index in [1.54, 1.807) is 18.2 Å². The molecule has 1 aromatic carbocycles. The monoisotopic (exact) mass is 262 g/mol. The molecule has 0 saturated heterocycles. The average molecular weight is 262 g/mol. The van der Waals surface area contributed by atoms with Crippen molar-refractivity contribution in [2.24, 2.45) is 5.10 Å². The van der Waals surface area contributed by atoms with E-state index in [-0.39, 0.29) is 11.7 Å². The molecule has 0 aliphatic rings. The Labute approximate surface area is 114 Å². The largest absolute Gasteiger partial charge is 0.507 e. The first-order valence-corrected chi connectivity index (χ1v) is 6.82. The van der Waals surface area contributed by atoms with Gasteiger partial charge in [0.2, 0.25) is 5.91 Å². The molecule has 0 aliphatic carbocycles. The van der Waals surface area contributed by atoms with Gasteiger partial charge in [-0.1, -0.05) is 38.8 Å². The smallest absolute Gasteiger partial charge is 0.240 e. The van der Waals surface area contributed by atoms with E-state index in [2.05, 4.69) is 17.5 Å². The quantitative estimate of drug-likeness (QED) is 0.450. The molecular weight excluding hydrogens is 240 g/mol. The number of hydrogen-bond donors (Lipinski definition) is 2. The Bertz CT molecular complexity index is 442. The summed E-state index contributed by atoms with van der Waals surface area (Å²) in [6.07, 6.45) is 4.17. The maximum absolute atomic E-state index is 11.6. The second-order valence-electron chi connectivity index (χ2n) is 4.42. The number of nitrogens with one attached hydrogen (secondary N) is 1. The molecule has 0 radical (unpaired) electrons. The number of carbonyl (C=O) groups excluding carboxylic acids is 1. The van der Waals surface area contributed by atoms with Gasteiger partial charge < -0.3 is 5.11 Å². The van der Waals surface area contributed by atoms with Crippen LogP contribution in [0.3, 0.4) is 0 Å². The summed E-state index contributed by atoms with van der Waals surface area (Å²) in [7, 11) is 0. The van der Waals surface area contributed by atoms with Crippen LogP contribution in [0, 0.1) is 0 Å². The molecular formula is C15H22N2O2. The Morgan fingerprint density at radius 3 is 2.63 bits per heavy atom. The summed E-state index contributed by atoms with van der Waals surface area (Å²) < 4.78 is 0. The van der Waals surface area contributed by atoms with Gasteiger partial charge in [0.1, 0.15) is 5.75 Å². The van der Waals surface area contributed by atoms with E-state index in [1.807, 2.05) is 13.0 Å². The third-order valence-electron chi connectivity index (χ3n) is 2.87. The zero-order chi connectivity index (χ0) is 14.1. The van der Waals surface area contributed by atoms with Gasteiger partial charge in [0, 0.05) is 12.0 Å². The highest BCUT2D eigenvalue weighted by Crippen LogP contribution is 2.17. The van der Waals surface area contributed by atoms with Crippen LogP contribution in [0.2, 0.25) is 0 Å². The SMILES string of the molecule is CCCCCC(=O)NN=C(CC)c1ccccc1O. The van der Waals surface area contributed by atoms with Gasteiger partial charge in [-0.15, -0.1) is 0 Å². The van der Waals surface area contributed by atoms with E-state index in [4.69, 9.17) is 0 Å². The van der Waals surface area contributed by atoms with E-state index in [9.17, 15) is 9.90 Å². The van der Waals surface area contributed by atoms with Crippen molar-refractivity contribution in [1.82, 2.24) is 5.43 Å². The van der Waals surface area contributed by atoms with E-state index < -0.39 is 0 Å². The molecule has 19 heavy (non-hydrogen) atoms. The van der Waals surface area contributed by atoms with Crippen LogP contribution in [0.1, 0.15) is 51.5 Å². The summed E-state index contributed by atoms with van der Waals surface area (Å²) in [4.78, 5) is 11.6. The summed E-state index contributed by atoms with van der Waals surface area (Å²) in [5, 5.41) is 13.9. The molecule has 4 heteroatoms. The highest BCUT2D eigenvalue weighted by atomic mass is 16.3. The van der Waals surface area contributed by atoms with Crippen LogP contribution in [-0.2, 0) is 4.79 Å². The molecule has 0 spiro atoms. The number of hydrazone groups is 1. The van der Waals surface area contributed by atoms with Crippen molar-refractivity contribution in [3.63, 3.8) is 0 Å². The minimum Gasteiger partial charge on any atom is -0.507 e. The van der Waals surface area contributed by atoms with E-state index in [0.717, 1.165) is 19.3 Å². The molecule has 1 amide bonds. The number of rotatable bonds is 7. The fourth-order valence-corrected chi connectivity index (χ4v) is 1.77. The van der Waals surface area contributed by atoms with Crippen LogP contribution < -0.4 is 5.43 Å². The lowest BCUT2D eigenvalue weighted by atomic mass is 10.1. The van der Waals surface area contributed by atoms with Crippen molar-refractivity contribution in [2.45, 2.75) is 46.0 Å². The van der Waals surface area contributed by atoms with Gasteiger partial charge in [0.05, 0.1) is 5.71 Å². The van der Waals surface area contributed by atoms with Gasteiger partial charge >= 0.3 is 0 Å². The van der Waals surface area contributed by atoms with Crippen molar-refractivity contribution in [3.8, 4) is 5.75 Å². The van der Waals surface area contributed by atoms with Gasteiger partial charge in [-0.25, -0.2) is 5.43 Å².